The molecule has 0 aliphatic carbocycles. The van der Waals surface area contributed by atoms with Crippen molar-refractivity contribution in [3.05, 3.63) is 59.3 Å². The van der Waals surface area contributed by atoms with Crippen LogP contribution in [0.15, 0.2) is 42.6 Å². The van der Waals surface area contributed by atoms with Crippen LogP contribution in [0.4, 0.5) is 0 Å². The second-order valence-corrected chi connectivity index (χ2v) is 10.4. The second kappa shape index (κ2) is 7.27. The molecule has 2 aromatic carbocycles. The Morgan fingerprint density at radius 3 is 2.52 bits per heavy atom. The molecule has 1 fully saturated rings. The zero-order valence-corrected chi connectivity index (χ0v) is 17.6. The van der Waals surface area contributed by atoms with Crippen molar-refractivity contribution in [2.75, 3.05) is 18.8 Å². The van der Waals surface area contributed by atoms with Crippen LogP contribution in [0.1, 0.15) is 42.4 Å². The van der Waals surface area contributed by atoms with Gasteiger partial charge in [0.2, 0.25) is 10.0 Å². The Morgan fingerprint density at radius 1 is 1.00 bits per heavy atom. The van der Waals surface area contributed by atoms with E-state index >= 15 is 0 Å². The Morgan fingerprint density at radius 2 is 1.72 bits per heavy atom. The van der Waals surface area contributed by atoms with Gasteiger partial charge in [-0.25, -0.2) is 12.7 Å². The monoisotopic (exact) mass is 409 g/mol. The van der Waals surface area contributed by atoms with Crippen LogP contribution in [0.3, 0.4) is 0 Å². The molecule has 2 aliphatic rings. The molecule has 6 heteroatoms. The predicted molar refractivity (Wildman–Crippen MR) is 117 cm³/mol. The van der Waals surface area contributed by atoms with Gasteiger partial charge >= 0.3 is 0 Å². The van der Waals surface area contributed by atoms with Gasteiger partial charge in [-0.2, -0.15) is 0 Å². The SMILES string of the molecule is CCS(=O)(=O)N1CCC(c2c[nH]c3ccc(-c4ccc5c(c4)CNC5)cc23)CC1. The molecule has 29 heavy (non-hydrogen) atoms. The second-order valence-electron chi connectivity index (χ2n) is 8.17. The average molecular weight is 410 g/mol. The maximum atomic E-state index is 12.2. The first-order valence-corrected chi connectivity index (χ1v) is 12.1. The first-order valence-electron chi connectivity index (χ1n) is 10.5. The summed E-state index contributed by atoms with van der Waals surface area (Å²) in [6.07, 6.45) is 3.87. The average Bonchev–Trinajstić information content (AvgIpc) is 3.39. The quantitative estimate of drug-likeness (QED) is 0.685. The van der Waals surface area contributed by atoms with Crippen LogP contribution in [-0.2, 0) is 23.1 Å². The number of hydrogen-bond donors (Lipinski definition) is 2. The number of H-pyrrole nitrogens is 1. The number of hydrogen-bond acceptors (Lipinski definition) is 3. The molecule has 0 bridgehead atoms. The molecule has 5 nitrogen and oxygen atoms in total. The summed E-state index contributed by atoms with van der Waals surface area (Å²) in [5, 5.41) is 4.67. The van der Waals surface area contributed by atoms with Crippen molar-refractivity contribution in [2.24, 2.45) is 0 Å². The van der Waals surface area contributed by atoms with Crippen LogP contribution >= 0.6 is 0 Å². The smallest absolute Gasteiger partial charge is 0.213 e. The van der Waals surface area contributed by atoms with Crippen LogP contribution in [0.25, 0.3) is 22.0 Å². The van der Waals surface area contributed by atoms with Crippen LogP contribution < -0.4 is 5.32 Å². The number of nitrogens with one attached hydrogen (secondary N) is 2. The van der Waals surface area contributed by atoms with Gasteiger partial charge in [0.05, 0.1) is 5.75 Å². The molecule has 2 aliphatic heterocycles. The molecule has 2 N–H and O–H groups in total. The summed E-state index contributed by atoms with van der Waals surface area (Å²) in [5.41, 5.74) is 7.74. The summed E-state index contributed by atoms with van der Waals surface area (Å²) in [4.78, 5) is 3.42. The number of nitrogens with zero attached hydrogens (tertiary/aromatic N) is 1. The van der Waals surface area contributed by atoms with E-state index in [0.29, 0.717) is 19.0 Å². The molecule has 1 aromatic heterocycles. The highest BCUT2D eigenvalue weighted by molar-refractivity contribution is 7.89. The summed E-state index contributed by atoms with van der Waals surface area (Å²) >= 11 is 0. The standard InChI is InChI=1S/C23H27N3O2S/c1-2-29(27,28)26-9-7-16(8-10-26)22-15-25-23-6-5-18(12-21(22)23)17-3-4-19-13-24-14-20(19)11-17/h3-6,11-12,15-16,24-25H,2,7-10,13-14H2,1H3. The lowest BCUT2D eigenvalue weighted by Gasteiger charge is -2.30. The van der Waals surface area contributed by atoms with E-state index in [-0.39, 0.29) is 5.75 Å². The van der Waals surface area contributed by atoms with Gasteiger partial charge in [-0.3, -0.25) is 0 Å². The lowest BCUT2D eigenvalue weighted by molar-refractivity contribution is 0.321. The van der Waals surface area contributed by atoms with Gasteiger partial charge in [-0.1, -0.05) is 18.2 Å². The number of rotatable bonds is 4. The zero-order chi connectivity index (χ0) is 20.0. The van der Waals surface area contributed by atoms with E-state index in [1.54, 1.807) is 11.2 Å². The van der Waals surface area contributed by atoms with Crippen LogP contribution in [0, 0.1) is 0 Å². The van der Waals surface area contributed by atoms with Crippen molar-refractivity contribution in [1.82, 2.24) is 14.6 Å². The van der Waals surface area contributed by atoms with Crippen molar-refractivity contribution in [1.29, 1.82) is 0 Å². The lowest BCUT2D eigenvalue weighted by Crippen LogP contribution is -2.38. The molecule has 0 saturated carbocycles. The van der Waals surface area contributed by atoms with Gasteiger partial charge in [0.25, 0.3) is 0 Å². The van der Waals surface area contributed by atoms with Crippen molar-refractivity contribution >= 4 is 20.9 Å². The molecule has 0 unspecified atom stereocenters. The first-order chi connectivity index (χ1) is 14.0. The Kier molecular flexibility index (Phi) is 4.73. The molecular formula is C23H27N3O2S. The molecule has 0 radical (unpaired) electrons. The summed E-state index contributed by atoms with van der Waals surface area (Å²) < 4.78 is 26.0. The Labute approximate surface area is 172 Å². The van der Waals surface area contributed by atoms with Crippen molar-refractivity contribution in [3.63, 3.8) is 0 Å². The van der Waals surface area contributed by atoms with Gasteiger partial charge in [-0.15, -0.1) is 0 Å². The minimum absolute atomic E-state index is 0.185. The molecule has 0 atom stereocenters. The first kappa shape index (κ1) is 18.9. The highest BCUT2D eigenvalue weighted by Crippen LogP contribution is 2.36. The summed E-state index contributed by atoms with van der Waals surface area (Å²) in [6, 6.07) is 13.4. The van der Waals surface area contributed by atoms with E-state index in [0.717, 1.165) is 31.4 Å². The van der Waals surface area contributed by atoms with E-state index in [2.05, 4.69) is 52.9 Å². The third kappa shape index (κ3) is 3.39. The van der Waals surface area contributed by atoms with Gasteiger partial charge in [0, 0.05) is 43.3 Å². The molecular weight excluding hydrogens is 382 g/mol. The molecule has 1 saturated heterocycles. The molecule has 3 heterocycles. The summed E-state index contributed by atoms with van der Waals surface area (Å²) in [5.74, 6) is 0.580. The fraction of sp³-hybridized carbons (Fsp3) is 0.391. The Bertz CT molecular complexity index is 1160. The Hall–Kier alpha value is -2.15. The molecule has 152 valence electrons. The van der Waals surface area contributed by atoms with Crippen molar-refractivity contribution in [3.8, 4) is 11.1 Å². The normalized spacial score (nSPS) is 18.4. The predicted octanol–water partition coefficient (Wildman–Crippen LogP) is 3.97. The highest BCUT2D eigenvalue weighted by Gasteiger charge is 2.28. The number of aromatic nitrogens is 1. The molecule has 3 aromatic rings. The van der Waals surface area contributed by atoms with Crippen LogP contribution in [0.5, 0.6) is 0 Å². The van der Waals surface area contributed by atoms with E-state index in [4.69, 9.17) is 0 Å². The molecule has 0 spiro atoms. The lowest BCUT2D eigenvalue weighted by atomic mass is 9.89. The van der Waals surface area contributed by atoms with Crippen molar-refractivity contribution < 1.29 is 8.42 Å². The highest BCUT2D eigenvalue weighted by atomic mass is 32.2. The van der Waals surface area contributed by atoms with E-state index < -0.39 is 10.0 Å². The van der Waals surface area contributed by atoms with E-state index in [1.807, 2.05) is 0 Å². The molecule has 5 rings (SSSR count). The third-order valence-electron chi connectivity index (χ3n) is 6.54. The number of piperidine rings is 1. The van der Waals surface area contributed by atoms with Crippen molar-refractivity contribution in [2.45, 2.75) is 38.8 Å². The number of aromatic amines is 1. The minimum Gasteiger partial charge on any atom is -0.361 e. The fourth-order valence-corrected chi connectivity index (χ4v) is 5.89. The zero-order valence-electron chi connectivity index (χ0n) is 16.7. The maximum absolute atomic E-state index is 12.2. The van der Waals surface area contributed by atoms with E-state index in [9.17, 15) is 8.42 Å². The largest absolute Gasteiger partial charge is 0.361 e. The maximum Gasteiger partial charge on any atom is 0.213 e. The summed E-state index contributed by atoms with van der Waals surface area (Å²) in [6.45, 7) is 4.86. The summed E-state index contributed by atoms with van der Waals surface area (Å²) in [7, 11) is -3.08. The number of benzene rings is 2. The topological polar surface area (TPSA) is 65.2 Å². The van der Waals surface area contributed by atoms with Crippen LogP contribution in [0.2, 0.25) is 0 Å². The Balaban J connectivity index is 1.44. The minimum atomic E-state index is -3.08. The van der Waals surface area contributed by atoms with Gasteiger partial charge in [0.15, 0.2) is 0 Å². The molecule has 0 amide bonds. The van der Waals surface area contributed by atoms with Gasteiger partial charge in [0.1, 0.15) is 0 Å². The third-order valence-corrected chi connectivity index (χ3v) is 8.42. The van der Waals surface area contributed by atoms with Gasteiger partial charge in [-0.05, 0) is 71.7 Å². The van der Waals surface area contributed by atoms with Crippen LogP contribution in [-0.4, -0.2) is 36.5 Å². The number of sulfonamides is 1. The number of fused-ring (bicyclic) bond motifs is 2. The fourth-order valence-electron chi connectivity index (χ4n) is 4.76. The van der Waals surface area contributed by atoms with Gasteiger partial charge < -0.3 is 10.3 Å². The van der Waals surface area contributed by atoms with E-state index in [1.165, 1.54) is 33.2 Å².